The Balaban J connectivity index is 1.51. The number of hydrogen-bond donors (Lipinski definition) is 2. The molecular formula is C28H33ClN4O5. The highest BCUT2D eigenvalue weighted by atomic mass is 35.5. The number of benzene rings is 2. The van der Waals surface area contributed by atoms with Crippen LogP contribution in [0.1, 0.15) is 71.8 Å². The minimum Gasteiger partial charge on any atom is -0.458 e. The molecule has 2 aromatic carbocycles. The number of aromatic nitrogens is 2. The number of nitrogens with one attached hydrogen (secondary N) is 2. The van der Waals surface area contributed by atoms with E-state index in [1.165, 1.54) is 0 Å². The average molecular weight is 541 g/mol. The summed E-state index contributed by atoms with van der Waals surface area (Å²) in [6.07, 6.45) is 2.02. The van der Waals surface area contributed by atoms with Crippen molar-refractivity contribution in [3.8, 4) is 0 Å². The molecule has 1 fully saturated rings. The molecular weight excluding hydrogens is 508 g/mol. The van der Waals surface area contributed by atoms with Gasteiger partial charge in [0.1, 0.15) is 24.1 Å². The number of rotatable bonds is 8. The Bertz CT molecular complexity index is 1340. The number of esters is 1. The zero-order valence-corrected chi connectivity index (χ0v) is 22.9. The molecule has 1 atom stereocenters. The van der Waals surface area contributed by atoms with Crippen LogP contribution in [0.2, 0.25) is 5.02 Å². The Morgan fingerprint density at radius 2 is 1.87 bits per heavy atom. The first-order valence-electron chi connectivity index (χ1n) is 12.7. The van der Waals surface area contributed by atoms with Crippen molar-refractivity contribution in [3.05, 3.63) is 63.9 Å². The summed E-state index contributed by atoms with van der Waals surface area (Å²) < 4.78 is 10.9. The van der Waals surface area contributed by atoms with Crippen molar-refractivity contribution >= 4 is 40.4 Å². The van der Waals surface area contributed by atoms with Crippen molar-refractivity contribution in [2.24, 2.45) is 0 Å². The first kappa shape index (κ1) is 27.6. The number of carbonyl (C=O) groups excluding carboxylic acids is 3. The van der Waals surface area contributed by atoms with Gasteiger partial charge >= 0.3 is 5.97 Å². The number of halogens is 1. The van der Waals surface area contributed by atoms with Gasteiger partial charge in [-0.2, -0.15) is 0 Å². The molecule has 38 heavy (non-hydrogen) atoms. The highest BCUT2D eigenvalue weighted by Gasteiger charge is 2.24. The normalized spacial score (nSPS) is 14.5. The molecule has 1 aliphatic heterocycles. The quantitative estimate of drug-likeness (QED) is 0.404. The topological polar surface area (TPSA) is 114 Å². The number of hydrogen-bond acceptors (Lipinski definition) is 6. The molecule has 1 unspecified atom stereocenters. The van der Waals surface area contributed by atoms with Gasteiger partial charge in [-0.05, 0) is 82.5 Å². The lowest BCUT2D eigenvalue weighted by Crippen LogP contribution is -2.34. The van der Waals surface area contributed by atoms with Crippen LogP contribution in [-0.2, 0) is 14.3 Å². The highest BCUT2D eigenvalue weighted by Crippen LogP contribution is 2.22. The van der Waals surface area contributed by atoms with Gasteiger partial charge in [0.2, 0.25) is 0 Å². The van der Waals surface area contributed by atoms with Gasteiger partial charge in [-0.15, -0.1) is 0 Å². The second kappa shape index (κ2) is 11.5. The first-order chi connectivity index (χ1) is 18.0. The first-order valence-corrected chi connectivity index (χ1v) is 13.0. The fraction of sp³-hybridized carbons (Fsp3) is 0.429. The van der Waals surface area contributed by atoms with Crippen LogP contribution in [0, 0.1) is 6.92 Å². The summed E-state index contributed by atoms with van der Waals surface area (Å²) in [4.78, 5) is 47.8. The molecule has 0 bridgehead atoms. The van der Waals surface area contributed by atoms with Crippen LogP contribution in [0.15, 0.2) is 36.4 Å². The zero-order chi connectivity index (χ0) is 27.4. The van der Waals surface area contributed by atoms with Crippen LogP contribution < -0.4 is 5.32 Å². The molecule has 2 amide bonds. The predicted octanol–water partition coefficient (Wildman–Crippen LogP) is 4.59. The fourth-order valence-electron chi connectivity index (χ4n) is 4.36. The van der Waals surface area contributed by atoms with Crippen LogP contribution in [0.3, 0.4) is 0 Å². The Labute approximate surface area is 226 Å². The van der Waals surface area contributed by atoms with Gasteiger partial charge in [0.05, 0.1) is 17.6 Å². The maximum Gasteiger partial charge on any atom is 0.332 e. The van der Waals surface area contributed by atoms with Gasteiger partial charge in [-0.3, -0.25) is 9.59 Å². The molecule has 3 aromatic rings. The van der Waals surface area contributed by atoms with E-state index in [1.54, 1.807) is 57.2 Å². The number of carbonyl (C=O) groups is 3. The number of aryl methyl sites for hydroxylation is 1. The van der Waals surface area contributed by atoms with E-state index in [0.717, 1.165) is 37.0 Å². The Hall–Kier alpha value is -3.43. The summed E-state index contributed by atoms with van der Waals surface area (Å²) in [5, 5.41) is 3.48. The average Bonchev–Trinajstić information content (AvgIpc) is 3.51. The molecule has 1 saturated heterocycles. The van der Waals surface area contributed by atoms with Crippen molar-refractivity contribution < 1.29 is 23.9 Å². The molecule has 10 heteroatoms. The molecule has 1 aliphatic rings. The number of nitrogens with zero attached hydrogens (tertiary/aromatic N) is 2. The predicted molar refractivity (Wildman–Crippen MR) is 144 cm³/mol. The molecule has 4 rings (SSSR count). The second-order valence-corrected chi connectivity index (χ2v) is 10.9. The summed E-state index contributed by atoms with van der Waals surface area (Å²) in [5.74, 6) is -0.427. The van der Waals surface area contributed by atoms with E-state index in [0.29, 0.717) is 27.5 Å². The lowest BCUT2D eigenvalue weighted by molar-refractivity contribution is -0.160. The minimum absolute atomic E-state index is 0.0127. The van der Waals surface area contributed by atoms with E-state index < -0.39 is 17.6 Å². The smallest absolute Gasteiger partial charge is 0.332 e. The summed E-state index contributed by atoms with van der Waals surface area (Å²) in [7, 11) is 0. The third kappa shape index (κ3) is 6.90. The number of aromatic amines is 1. The number of H-pyrrole nitrogens is 1. The van der Waals surface area contributed by atoms with E-state index in [9.17, 15) is 14.4 Å². The van der Waals surface area contributed by atoms with Crippen LogP contribution in [0.25, 0.3) is 11.0 Å². The zero-order valence-electron chi connectivity index (χ0n) is 22.1. The number of imidazole rings is 1. The minimum atomic E-state index is -0.692. The lowest BCUT2D eigenvalue weighted by atomic mass is 10.0. The van der Waals surface area contributed by atoms with Crippen molar-refractivity contribution in [3.63, 3.8) is 0 Å². The van der Waals surface area contributed by atoms with Crippen molar-refractivity contribution in [1.82, 2.24) is 20.2 Å². The Morgan fingerprint density at radius 1 is 1.13 bits per heavy atom. The Kier molecular flexibility index (Phi) is 8.38. The molecule has 202 valence electrons. The van der Waals surface area contributed by atoms with Crippen LogP contribution in [-0.4, -0.2) is 64.6 Å². The highest BCUT2D eigenvalue weighted by molar-refractivity contribution is 6.31. The van der Waals surface area contributed by atoms with Gasteiger partial charge in [-0.1, -0.05) is 11.6 Å². The van der Waals surface area contributed by atoms with E-state index in [4.69, 9.17) is 21.1 Å². The van der Waals surface area contributed by atoms with E-state index in [1.807, 2.05) is 11.8 Å². The summed E-state index contributed by atoms with van der Waals surface area (Å²) in [5.41, 5.74) is 2.47. The molecule has 1 aromatic heterocycles. The molecule has 2 N–H and O–H groups in total. The molecule has 0 radical (unpaired) electrons. The summed E-state index contributed by atoms with van der Waals surface area (Å²) >= 11 is 6.11. The number of ether oxygens (including phenoxy) is 2. The fourth-order valence-corrected chi connectivity index (χ4v) is 4.53. The van der Waals surface area contributed by atoms with Crippen molar-refractivity contribution in [2.75, 3.05) is 26.3 Å². The maximum atomic E-state index is 13.3. The third-order valence-corrected chi connectivity index (χ3v) is 6.37. The standard InChI is InChI=1S/C28H33ClN4O5/c1-17-13-18(7-9-20(17)27(36)33-11-5-6-12-33)26(35)32-23(15-37-16-24(34)38-28(2,3)4)25-30-21-10-8-19(29)14-22(21)31-25/h7-10,13-14,23H,5-6,11-12,15-16H2,1-4H3,(H,30,31)(H,32,35). The van der Waals surface area contributed by atoms with E-state index in [2.05, 4.69) is 15.3 Å². The summed E-state index contributed by atoms with van der Waals surface area (Å²) in [6.45, 7) is 8.37. The lowest BCUT2D eigenvalue weighted by Gasteiger charge is -2.21. The van der Waals surface area contributed by atoms with Crippen molar-refractivity contribution in [2.45, 2.75) is 52.2 Å². The summed E-state index contributed by atoms with van der Waals surface area (Å²) in [6, 6.07) is 9.61. The van der Waals surface area contributed by atoms with E-state index in [-0.39, 0.29) is 25.0 Å². The van der Waals surface area contributed by atoms with Gasteiger partial charge < -0.3 is 24.7 Å². The van der Waals surface area contributed by atoms with Gasteiger partial charge in [-0.25, -0.2) is 9.78 Å². The van der Waals surface area contributed by atoms with Gasteiger partial charge in [0.15, 0.2) is 0 Å². The maximum absolute atomic E-state index is 13.3. The van der Waals surface area contributed by atoms with Crippen molar-refractivity contribution in [1.29, 1.82) is 0 Å². The van der Waals surface area contributed by atoms with Crippen LogP contribution in [0.5, 0.6) is 0 Å². The molecule has 9 nitrogen and oxygen atoms in total. The van der Waals surface area contributed by atoms with Gasteiger partial charge in [0, 0.05) is 29.2 Å². The number of fused-ring (bicyclic) bond motifs is 1. The molecule has 0 saturated carbocycles. The second-order valence-electron chi connectivity index (χ2n) is 10.4. The van der Waals surface area contributed by atoms with Crippen LogP contribution >= 0.6 is 11.6 Å². The Morgan fingerprint density at radius 3 is 2.55 bits per heavy atom. The molecule has 2 heterocycles. The van der Waals surface area contributed by atoms with Gasteiger partial charge in [0.25, 0.3) is 11.8 Å². The van der Waals surface area contributed by atoms with E-state index >= 15 is 0 Å². The largest absolute Gasteiger partial charge is 0.458 e. The molecule has 0 spiro atoms. The SMILES string of the molecule is Cc1cc(C(=O)NC(COCC(=O)OC(C)(C)C)c2nc3cc(Cl)ccc3[nH]2)ccc1C(=O)N1CCCC1. The monoisotopic (exact) mass is 540 g/mol. The van der Waals surface area contributed by atoms with Crippen LogP contribution in [0.4, 0.5) is 0 Å². The number of amides is 2. The molecule has 0 aliphatic carbocycles. The number of likely N-dealkylation sites (tertiary alicyclic amines) is 1. The third-order valence-electron chi connectivity index (χ3n) is 6.14.